The van der Waals surface area contributed by atoms with Crippen molar-refractivity contribution < 1.29 is 4.79 Å². The number of hydrogen-bond donors (Lipinski definition) is 4. The van der Waals surface area contributed by atoms with Crippen molar-refractivity contribution in [3.05, 3.63) is 56.7 Å². The molecule has 9 heteroatoms. The molecule has 0 aromatic carbocycles. The number of rotatable bonds is 1. The van der Waals surface area contributed by atoms with Gasteiger partial charge < -0.3 is 25.3 Å². The summed E-state index contributed by atoms with van der Waals surface area (Å²) in [6.07, 6.45) is 6.40. The van der Waals surface area contributed by atoms with Crippen molar-refractivity contribution in [2.24, 2.45) is 4.99 Å². The molecule has 0 atom stereocenters. The Labute approximate surface area is 178 Å². The van der Waals surface area contributed by atoms with Crippen LogP contribution >= 0.6 is 0 Å². The molecule has 2 bridgehead atoms. The number of carbonyl (C=O) groups is 1. The largest absolute Gasteiger partial charge is 0.361 e. The number of amides is 1. The number of likely N-dealkylation sites (N-methyl/N-ethyl adjacent to an activating group) is 2. The summed E-state index contributed by atoms with van der Waals surface area (Å²) in [5.41, 5.74) is 3.60. The van der Waals surface area contributed by atoms with E-state index in [9.17, 15) is 9.59 Å². The van der Waals surface area contributed by atoms with E-state index >= 15 is 0 Å². The van der Waals surface area contributed by atoms with Crippen molar-refractivity contribution in [2.45, 2.75) is 0 Å². The highest BCUT2D eigenvalue weighted by Gasteiger charge is 2.19. The number of nitrogens with one attached hydrogen (secondary N) is 4. The normalized spacial score (nSPS) is 20.4. The minimum absolute atomic E-state index is 0.117. The van der Waals surface area contributed by atoms with Crippen LogP contribution in [-0.2, 0) is 0 Å². The lowest BCUT2D eigenvalue weighted by Gasteiger charge is -2.23. The second kappa shape index (κ2) is 8.19. The number of H-pyrrole nitrogens is 3. The molecule has 31 heavy (non-hydrogen) atoms. The number of aromatic amines is 3. The van der Waals surface area contributed by atoms with Crippen molar-refractivity contribution in [3.8, 4) is 11.3 Å². The Balaban J connectivity index is 2.05. The zero-order valence-electron chi connectivity index (χ0n) is 17.7. The van der Waals surface area contributed by atoms with Gasteiger partial charge in [-0.2, -0.15) is 0 Å². The molecule has 160 valence electrons. The molecule has 3 aliphatic rings. The molecule has 0 fully saturated rings. The Bertz CT molecular complexity index is 1320. The number of pyridine rings is 1. The van der Waals surface area contributed by atoms with Crippen LogP contribution in [0.4, 0.5) is 0 Å². The molecule has 0 radical (unpaired) electrons. The molecular weight excluding hydrogens is 394 g/mol. The minimum Gasteiger partial charge on any atom is -0.361 e. The molecule has 4 rings (SSSR count). The molecule has 0 aliphatic carbocycles. The van der Waals surface area contributed by atoms with E-state index in [1.807, 2.05) is 13.1 Å². The summed E-state index contributed by atoms with van der Waals surface area (Å²) in [7, 11) is 5.42. The van der Waals surface area contributed by atoms with Crippen LogP contribution < -0.4 is 16.1 Å². The van der Waals surface area contributed by atoms with Crippen LogP contribution in [0.25, 0.3) is 22.9 Å². The first-order valence-corrected chi connectivity index (χ1v) is 9.97. The third-order valence-electron chi connectivity index (χ3n) is 5.63. The summed E-state index contributed by atoms with van der Waals surface area (Å²) in [5.74, 6) is -0.117. The van der Waals surface area contributed by atoms with Gasteiger partial charge in [0.25, 0.3) is 11.5 Å². The average molecular weight is 419 g/mol. The van der Waals surface area contributed by atoms with Crippen molar-refractivity contribution in [1.29, 1.82) is 5.41 Å². The lowest BCUT2D eigenvalue weighted by atomic mass is 10.1. The maximum atomic E-state index is 13.0. The van der Waals surface area contributed by atoms with Gasteiger partial charge in [-0.1, -0.05) is 0 Å². The Morgan fingerprint density at radius 3 is 2.71 bits per heavy atom. The molecule has 0 unspecified atom stereocenters. The summed E-state index contributed by atoms with van der Waals surface area (Å²) in [6, 6.07) is 3.58. The van der Waals surface area contributed by atoms with Gasteiger partial charge in [0.2, 0.25) is 0 Å². The second-order valence-electron chi connectivity index (χ2n) is 7.68. The molecule has 1 aromatic rings. The van der Waals surface area contributed by atoms with Gasteiger partial charge >= 0.3 is 0 Å². The van der Waals surface area contributed by atoms with E-state index in [4.69, 9.17) is 5.41 Å². The van der Waals surface area contributed by atoms with Crippen LogP contribution in [0.15, 0.2) is 34.3 Å². The third kappa shape index (κ3) is 3.75. The summed E-state index contributed by atoms with van der Waals surface area (Å²) in [4.78, 5) is 43.0. The smallest absolute Gasteiger partial charge is 0.256 e. The number of nitrogens with zero attached hydrogens (tertiary/aromatic N) is 3. The number of hydrogen-bond acceptors (Lipinski definition) is 5. The second-order valence-corrected chi connectivity index (χ2v) is 7.68. The maximum Gasteiger partial charge on any atom is 0.256 e. The molecule has 4 heterocycles. The van der Waals surface area contributed by atoms with Crippen LogP contribution in [0.2, 0.25) is 0 Å². The molecule has 1 amide bonds. The van der Waals surface area contributed by atoms with Gasteiger partial charge in [0, 0.05) is 68.8 Å². The number of carbonyl (C=O) groups excluding carboxylic acids is 1. The van der Waals surface area contributed by atoms with Gasteiger partial charge in [0.1, 0.15) is 0 Å². The van der Waals surface area contributed by atoms with E-state index in [0.29, 0.717) is 58.3 Å². The molecule has 0 spiro atoms. The van der Waals surface area contributed by atoms with Crippen LogP contribution in [-0.4, -0.2) is 83.4 Å². The maximum absolute atomic E-state index is 13.0. The monoisotopic (exact) mass is 419 g/mol. The van der Waals surface area contributed by atoms with Gasteiger partial charge in [-0.05, 0) is 25.3 Å². The molecule has 3 aliphatic heterocycles. The van der Waals surface area contributed by atoms with Gasteiger partial charge in [0.15, 0.2) is 0 Å². The fourth-order valence-corrected chi connectivity index (χ4v) is 3.82. The highest BCUT2D eigenvalue weighted by Crippen LogP contribution is 2.14. The lowest BCUT2D eigenvalue weighted by molar-refractivity contribution is 0.0785. The number of aromatic nitrogens is 3. The fraction of sp³-hybridized carbons (Fsp3) is 0.273. The number of fused-ring (bicyclic) bond motifs is 2. The first-order chi connectivity index (χ1) is 14.9. The predicted octanol–water partition coefficient (Wildman–Crippen LogP) is -0.147. The van der Waals surface area contributed by atoms with Crippen molar-refractivity contribution in [2.75, 3.05) is 40.8 Å². The van der Waals surface area contributed by atoms with Crippen LogP contribution in [0.5, 0.6) is 0 Å². The Hall–Kier alpha value is -3.72. The van der Waals surface area contributed by atoms with E-state index in [1.165, 1.54) is 6.21 Å². The predicted molar refractivity (Wildman–Crippen MR) is 122 cm³/mol. The highest BCUT2D eigenvalue weighted by atomic mass is 16.2. The van der Waals surface area contributed by atoms with Crippen LogP contribution in [0.3, 0.4) is 0 Å². The Kier molecular flexibility index (Phi) is 5.43. The van der Waals surface area contributed by atoms with E-state index in [0.717, 1.165) is 5.71 Å². The molecule has 0 saturated carbocycles. The standard InChI is InChI=1S/C22H25N7O2/c1-24-20-12-28(2)6-7-29(3)22(31)13-4-5-25-17(13)9-15-14-8-18(16(20)10-23)26-11-19(14)27-21(15)30/h4-5,8-11,23,25-26H,6-7,12H2,1-3H3,(H,27,30)/b15-9-,18-16+,23-10?,24-20?. The zero-order valence-corrected chi connectivity index (χ0v) is 17.7. The first-order valence-electron chi connectivity index (χ1n) is 9.97. The third-order valence-corrected chi connectivity index (χ3v) is 5.63. The molecular formula is C22H25N7O2. The molecule has 4 N–H and O–H groups in total. The molecule has 0 saturated heterocycles. The van der Waals surface area contributed by atoms with Gasteiger partial charge in [-0.3, -0.25) is 19.5 Å². The van der Waals surface area contributed by atoms with E-state index in [-0.39, 0.29) is 11.5 Å². The molecule has 9 nitrogen and oxygen atoms in total. The lowest BCUT2D eigenvalue weighted by Crippen LogP contribution is -2.37. The molecule has 1 aromatic heterocycles. The van der Waals surface area contributed by atoms with Crippen LogP contribution in [0, 0.1) is 5.41 Å². The topological polar surface area (TPSA) is 124 Å². The van der Waals surface area contributed by atoms with E-state index in [1.54, 1.807) is 43.5 Å². The summed E-state index contributed by atoms with van der Waals surface area (Å²) < 4.78 is 0. The Morgan fingerprint density at radius 2 is 1.97 bits per heavy atom. The SMILES string of the molecule is CN=C1CN(C)CCN(C)C(=O)c2cc[nH]c2/C=c2/c3c/c([nH]cc-3[nH]c2=O)=C\1C=N. The Morgan fingerprint density at radius 1 is 1.16 bits per heavy atom. The summed E-state index contributed by atoms with van der Waals surface area (Å²) in [5, 5.41) is 9.14. The fourth-order valence-electron chi connectivity index (χ4n) is 3.82. The van der Waals surface area contributed by atoms with Crippen molar-refractivity contribution in [3.63, 3.8) is 0 Å². The highest BCUT2D eigenvalue weighted by molar-refractivity contribution is 6.37. The summed E-state index contributed by atoms with van der Waals surface area (Å²) in [6.45, 7) is 1.69. The van der Waals surface area contributed by atoms with Gasteiger partial charge in [-0.15, -0.1) is 0 Å². The van der Waals surface area contributed by atoms with E-state index in [2.05, 4.69) is 24.8 Å². The first kappa shape index (κ1) is 20.5. The number of aliphatic imine (C=N–C) groups is 1. The van der Waals surface area contributed by atoms with Crippen LogP contribution in [0.1, 0.15) is 16.1 Å². The van der Waals surface area contributed by atoms with Crippen molar-refractivity contribution in [1.82, 2.24) is 24.8 Å². The van der Waals surface area contributed by atoms with E-state index < -0.39 is 0 Å². The quantitative estimate of drug-likeness (QED) is 0.410. The summed E-state index contributed by atoms with van der Waals surface area (Å²) >= 11 is 0. The zero-order chi connectivity index (χ0) is 22.1. The average Bonchev–Trinajstić information content (AvgIpc) is 3.35. The minimum atomic E-state index is -0.244. The van der Waals surface area contributed by atoms with Gasteiger partial charge in [-0.25, -0.2) is 0 Å². The van der Waals surface area contributed by atoms with Crippen molar-refractivity contribution >= 4 is 29.5 Å². The van der Waals surface area contributed by atoms with Gasteiger partial charge in [0.05, 0.1) is 27.9 Å².